The zero-order valence-corrected chi connectivity index (χ0v) is 14.2. The van der Waals surface area contributed by atoms with Crippen molar-refractivity contribution in [2.24, 2.45) is 10.7 Å². The van der Waals surface area contributed by atoms with E-state index in [1.54, 1.807) is 24.3 Å². The fourth-order valence-electron chi connectivity index (χ4n) is 1.79. The number of rotatable bonds is 10. The topological polar surface area (TPSA) is 88.7 Å². The summed E-state index contributed by atoms with van der Waals surface area (Å²) in [5, 5.41) is 6.45. The van der Waals surface area contributed by atoms with Crippen molar-refractivity contribution in [3.05, 3.63) is 29.3 Å². The van der Waals surface area contributed by atoms with Crippen LogP contribution < -0.4 is 16.4 Å². The van der Waals surface area contributed by atoms with Gasteiger partial charge in [-0.05, 0) is 44.0 Å². The summed E-state index contributed by atoms with van der Waals surface area (Å²) in [6.07, 6.45) is 1.91. The lowest BCUT2D eigenvalue weighted by Gasteiger charge is -2.06. The van der Waals surface area contributed by atoms with Gasteiger partial charge in [0.05, 0.1) is 0 Å². The molecule has 0 unspecified atom stereocenters. The van der Waals surface area contributed by atoms with Crippen LogP contribution in [0.2, 0.25) is 5.02 Å². The molecule has 0 heterocycles. The molecule has 0 fully saturated rings. The second-order valence-corrected chi connectivity index (χ2v) is 5.34. The van der Waals surface area contributed by atoms with Crippen molar-refractivity contribution in [3.63, 3.8) is 0 Å². The van der Waals surface area contributed by atoms with Crippen molar-refractivity contribution in [1.82, 2.24) is 5.32 Å². The third-order valence-corrected chi connectivity index (χ3v) is 3.20. The molecule has 0 radical (unpaired) electrons. The first-order valence-electron chi connectivity index (χ1n) is 7.78. The van der Waals surface area contributed by atoms with Crippen LogP contribution in [0.4, 0.5) is 5.69 Å². The van der Waals surface area contributed by atoms with Crippen LogP contribution in [0.15, 0.2) is 29.3 Å². The standard InChI is InChI=1S/C16H25ClN4O2/c1-2-23-12-4-11-20-16(18)19-10-3-5-15(22)21-14-8-6-13(17)7-9-14/h6-9H,2-5,10-12H2,1H3,(H,21,22)(H3,18,19,20). The molecule has 23 heavy (non-hydrogen) atoms. The number of hydrogen-bond acceptors (Lipinski definition) is 3. The number of aliphatic imine (C=N–C) groups is 1. The maximum Gasteiger partial charge on any atom is 0.224 e. The Bertz CT molecular complexity index is 491. The number of benzene rings is 1. The smallest absolute Gasteiger partial charge is 0.224 e. The Hall–Kier alpha value is -1.79. The Labute approximate surface area is 142 Å². The lowest BCUT2D eigenvalue weighted by Crippen LogP contribution is -2.33. The number of carbonyl (C=O) groups excluding carboxylic acids is 1. The van der Waals surface area contributed by atoms with Crippen LogP contribution in [0.1, 0.15) is 26.2 Å². The van der Waals surface area contributed by atoms with E-state index in [0.717, 1.165) is 25.3 Å². The number of amides is 1. The Morgan fingerprint density at radius 3 is 2.74 bits per heavy atom. The van der Waals surface area contributed by atoms with Crippen LogP contribution in [0.25, 0.3) is 0 Å². The number of hydrogen-bond donors (Lipinski definition) is 3. The fraction of sp³-hybridized carbons (Fsp3) is 0.500. The number of ether oxygens (including phenoxy) is 1. The van der Waals surface area contributed by atoms with Gasteiger partial charge >= 0.3 is 0 Å². The minimum Gasteiger partial charge on any atom is -0.382 e. The SMILES string of the molecule is CCOCCCNC(N)=NCCCC(=O)Nc1ccc(Cl)cc1. The van der Waals surface area contributed by atoms with Gasteiger partial charge in [-0.1, -0.05) is 11.6 Å². The van der Waals surface area contributed by atoms with E-state index in [2.05, 4.69) is 15.6 Å². The Morgan fingerprint density at radius 2 is 2.04 bits per heavy atom. The largest absolute Gasteiger partial charge is 0.382 e. The molecule has 6 nitrogen and oxygen atoms in total. The monoisotopic (exact) mass is 340 g/mol. The first-order valence-corrected chi connectivity index (χ1v) is 8.16. The molecule has 1 rings (SSSR count). The molecule has 4 N–H and O–H groups in total. The number of anilines is 1. The number of nitrogens with zero attached hydrogens (tertiary/aromatic N) is 1. The van der Waals surface area contributed by atoms with Gasteiger partial charge in [0.25, 0.3) is 0 Å². The molecule has 0 bridgehead atoms. The van der Waals surface area contributed by atoms with Crippen molar-refractivity contribution in [3.8, 4) is 0 Å². The Balaban J connectivity index is 2.11. The molecule has 0 saturated carbocycles. The maximum absolute atomic E-state index is 11.8. The van der Waals surface area contributed by atoms with E-state index in [1.165, 1.54) is 0 Å². The molecule has 1 amide bonds. The van der Waals surface area contributed by atoms with Crippen LogP contribution in [-0.2, 0) is 9.53 Å². The summed E-state index contributed by atoms with van der Waals surface area (Å²) in [5.74, 6) is 0.352. The zero-order valence-electron chi connectivity index (χ0n) is 13.5. The van der Waals surface area contributed by atoms with Gasteiger partial charge in [-0.2, -0.15) is 0 Å². The number of nitrogens with one attached hydrogen (secondary N) is 2. The predicted octanol–water partition coefficient (Wildman–Crippen LogP) is 2.39. The highest BCUT2D eigenvalue weighted by atomic mass is 35.5. The van der Waals surface area contributed by atoms with E-state index in [-0.39, 0.29) is 5.91 Å². The molecular formula is C16H25ClN4O2. The van der Waals surface area contributed by atoms with Gasteiger partial charge in [0.2, 0.25) is 5.91 Å². The minimum atomic E-state index is -0.0502. The van der Waals surface area contributed by atoms with E-state index in [0.29, 0.717) is 37.0 Å². The third kappa shape index (κ3) is 9.76. The second kappa shape index (κ2) is 11.7. The van der Waals surface area contributed by atoms with Crippen molar-refractivity contribution in [2.75, 3.05) is 31.6 Å². The van der Waals surface area contributed by atoms with Crippen molar-refractivity contribution < 1.29 is 9.53 Å². The molecule has 7 heteroatoms. The highest BCUT2D eigenvalue weighted by Gasteiger charge is 2.02. The average molecular weight is 341 g/mol. The molecule has 0 aliphatic rings. The van der Waals surface area contributed by atoms with Crippen molar-refractivity contribution >= 4 is 29.2 Å². The lowest BCUT2D eigenvalue weighted by atomic mass is 10.2. The second-order valence-electron chi connectivity index (χ2n) is 4.90. The normalized spacial score (nSPS) is 11.3. The van der Waals surface area contributed by atoms with Crippen LogP contribution in [0.5, 0.6) is 0 Å². The van der Waals surface area contributed by atoms with Crippen molar-refractivity contribution in [1.29, 1.82) is 0 Å². The molecular weight excluding hydrogens is 316 g/mol. The summed E-state index contributed by atoms with van der Waals surface area (Å²) >= 11 is 5.79. The molecule has 0 aromatic heterocycles. The summed E-state index contributed by atoms with van der Waals surface area (Å²) in [4.78, 5) is 15.9. The van der Waals surface area contributed by atoms with Gasteiger partial charge in [0.1, 0.15) is 0 Å². The average Bonchev–Trinajstić information content (AvgIpc) is 2.53. The van der Waals surface area contributed by atoms with E-state index < -0.39 is 0 Å². The highest BCUT2D eigenvalue weighted by molar-refractivity contribution is 6.30. The van der Waals surface area contributed by atoms with Crippen LogP contribution in [0, 0.1) is 0 Å². The predicted molar refractivity (Wildman–Crippen MR) is 94.9 cm³/mol. The number of nitrogens with two attached hydrogens (primary N) is 1. The highest BCUT2D eigenvalue weighted by Crippen LogP contribution is 2.13. The number of guanidine groups is 1. The van der Waals surface area contributed by atoms with Crippen molar-refractivity contribution in [2.45, 2.75) is 26.2 Å². The zero-order chi connectivity index (χ0) is 16.9. The van der Waals surface area contributed by atoms with E-state index >= 15 is 0 Å². The Morgan fingerprint density at radius 1 is 1.30 bits per heavy atom. The third-order valence-electron chi connectivity index (χ3n) is 2.95. The summed E-state index contributed by atoms with van der Waals surface area (Å²) in [5.41, 5.74) is 6.46. The summed E-state index contributed by atoms with van der Waals surface area (Å²) in [6, 6.07) is 7.00. The molecule has 0 atom stereocenters. The first-order chi connectivity index (χ1) is 11.1. The molecule has 1 aromatic carbocycles. The molecule has 0 aliphatic heterocycles. The van der Waals surface area contributed by atoms with Crippen LogP contribution in [-0.4, -0.2) is 38.2 Å². The molecule has 0 aliphatic carbocycles. The van der Waals surface area contributed by atoms with E-state index in [1.807, 2.05) is 6.92 Å². The maximum atomic E-state index is 11.8. The number of carbonyl (C=O) groups is 1. The van der Waals surface area contributed by atoms with Gasteiger partial charge in [-0.15, -0.1) is 0 Å². The quantitative estimate of drug-likeness (QED) is 0.346. The summed E-state index contributed by atoms with van der Waals surface area (Å²) in [7, 11) is 0. The fourth-order valence-corrected chi connectivity index (χ4v) is 1.91. The van der Waals surface area contributed by atoms with E-state index in [4.69, 9.17) is 22.1 Å². The number of halogens is 1. The molecule has 0 saturated heterocycles. The minimum absolute atomic E-state index is 0.0502. The van der Waals surface area contributed by atoms with Gasteiger partial charge < -0.3 is 21.1 Å². The van der Waals surface area contributed by atoms with Gasteiger partial charge in [0, 0.05) is 43.4 Å². The molecule has 0 spiro atoms. The van der Waals surface area contributed by atoms with Gasteiger partial charge in [0.15, 0.2) is 5.96 Å². The molecule has 128 valence electrons. The molecule has 1 aromatic rings. The summed E-state index contributed by atoms with van der Waals surface area (Å²) < 4.78 is 5.22. The van der Waals surface area contributed by atoms with Crippen LogP contribution >= 0.6 is 11.6 Å². The Kier molecular flexibility index (Phi) is 9.83. The van der Waals surface area contributed by atoms with Gasteiger partial charge in [-0.3, -0.25) is 9.79 Å². The lowest BCUT2D eigenvalue weighted by molar-refractivity contribution is -0.116. The van der Waals surface area contributed by atoms with Crippen LogP contribution in [0.3, 0.4) is 0 Å². The van der Waals surface area contributed by atoms with Gasteiger partial charge in [-0.25, -0.2) is 0 Å². The first kappa shape index (κ1) is 19.3. The summed E-state index contributed by atoms with van der Waals surface area (Å²) in [6.45, 7) is 4.64. The van der Waals surface area contributed by atoms with E-state index in [9.17, 15) is 4.79 Å².